The van der Waals surface area contributed by atoms with E-state index < -0.39 is 12.1 Å². The number of hydrogen-bond donors (Lipinski definition) is 0. The molecule has 6 heteroatoms. The molecule has 122 valence electrons. The van der Waals surface area contributed by atoms with Crippen molar-refractivity contribution >= 4 is 17.8 Å². The summed E-state index contributed by atoms with van der Waals surface area (Å²) in [7, 11) is 0. The smallest absolute Gasteiger partial charge is 0.335 e. The Labute approximate surface area is 134 Å². The standard InChI is InChI=1S/C17H19NO5/c1-3-4-10-22-12(2)17(21)23-11-9-18-15(19)13-7-5-6-8-14(13)16(18)20/h3,5-8,12H,1,4,9-11H2,2H3. The van der Waals surface area contributed by atoms with Gasteiger partial charge in [0.05, 0.1) is 24.3 Å². The van der Waals surface area contributed by atoms with Gasteiger partial charge in [0.1, 0.15) is 6.61 Å². The van der Waals surface area contributed by atoms with E-state index in [1.54, 1.807) is 37.3 Å². The van der Waals surface area contributed by atoms with Gasteiger partial charge in [0.25, 0.3) is 11.8 Å². The number of fused-ring (bicyclic) bond motifs is 1. The number of esters is 1. The summed E-state index contributed by atoms with van der Waals surface area (Å²) < 4.78 is 10.3. The van der Waals surface area contributed by atoms with E-state index in [-0.39, 0.29) is 25.0 Å². The highest BCUT2D eigenvalue weighted by molar-refractivity contribution is 6.21. The first kappa shape index (κ1) is 16.9. The van der Waals surface area contributed by atoms with Crippen LogP contribution in [0.2, 0.25) is 0 Å². The van der Waals surface area contributed by atoms with Gasteiger partial charge in [-0.1, -0.05) is 18.2 Å². The molecule has 0 fully saturated rings. The van der Waals surface area contributed by atoms with Crippen LogP contribution in [0.5, 0.6) is 0 Å². The number of benzene rings is 1. The molecule has 1 aromatic carbocycles. The fraction of sp³-hybridized carbons (Fsp3) is 0.353. The summed E-state index contributed by atoms with van der Waals surface area (Å²) >= 11 is 0. The maximum absolute atomic E-state index is 12.1. The normalized spacial score (nSPS) is 14.6. The number of imide groups is 1. The van der Waals surface area contributed by atoms with Crippen LogP contribution in [0.4, 0.5) is 0 Å². The number of hydrogen-bond acceptors (Lipinski definition) is 5. The van der Waals surface area contributed by atoms with Gasteiger partial charge in [-0.15, -0.1) is 6.58 Å². The van der Waals surface area contributed by atoms with Crippen molar-refractivity contribution in [3.63, 3.8) is 0 Å². The van der Waals surface area contributed by atoms with Crippen LogP contribution >= 0.6 is 0 Å². The highest BCUT2D eigenvalue weighted by Gasteiger charge is 2.34. The van der Waals surface area contributed by atoms with Gasteiger partial charge in [0, 0.05) is 0 Å². The summed E-state index contributed by atoms with van der Waals surface area (Å²) in [6.07, 6.45) is 1.64. The molecule has 0 saturated heterocycles. The summed E-state index contributed by atoms with van der Waals surface area (Å²) in [6.45, 7) is 5.51. The van der Waals surface area contributed by atoms with Gasteiger partial charge >= 0.3 is 5.97 Å². The maximum atomic E-state index is 12.1. The van der Waals surface area contributed by atoms with Crippen LogP contribution in [0, 0.1) is 0 Å². The van der Waals surface area contributed by atoms with Crippen LogP contribution < -0.4 is 0 Å². The minimum absolute atomic E-state index is 0.0253. The molecule has 1 aliphatic rings. The van der Waals surface area contributed by atoms with Crippen molar-refractivity contribution in [1.82, 2.24) is 4.90 Å². The summed E-state index contributed by atoms with van der Waals surface area (Å²) in [5.41, 5.74) is 0.759. The highest BCUT2D eigenvalue weighted by atomic mass is 16.6. The van der Waals surface area contributed by atoms with Crippen molar-refractivity contribution in [3.8, 4) is 0 Å². The first-order chi connectivity index (χ1) is 11.1. The lowest BCUT2D eigenvalue weighted by molar-refractivity contribution is -0.156. The second kappa shape index (κ2) is 7.69. The third kappa shape index (κ3) is 3.84. The van der Waals surface area contributed by atoms with Crippen molar-refractivity contribution < 1.29 is 23.9 Å². The largest absolute Gasteiger partial charge is 0.462 e. The number of carbonyl (C=O) groups excluding carboxylic acids is 3. The summed E-state index contributed by atoms with van der Waals surface area (Å²) in [4.78, 5) is 37.1. The molecule has 1 atom stereocenters. The molecule has 0 aromatic heterocycles. The molecule has 0 N–H and O–H groups in total. The summed E-state index contributed by atoms with van der Waals surface area (Å²) in [5.74, 6) is -1.25. The molecule has 23 heavy (non-hydrogen) atoms. The monoisotopic (exact) mass is 317 g/mol. The molecule has 2 rings (SSSR count). The van der Waals surface area contributed by atoms with E-state index in [9.17, 15) is 14.4 Å². The Balaban J connectivity index is 1.81. The molecule has 0 bridgehead atoms. The Morgan fingerprint density at radius 1 is 1.22 bits per heavy atom. The predicted octanol–water partition coefficient (Wildman–Crippen LogP) is 1.81. The molecule has 1 aromatic rings. The number of amides is 2. The average molecular weight is 317 g/mol. The van der Waals surface area contributed by atoms with Gasteiger partial charge in [-0.25, -0.2) is 4.79 Å². The molecular weight excluding hydrogens is 298 g/mol. The molecule has 1 unspecified atom stereocenters. The van der Waals surface area contributed by atoms with Gasteiger partial charge in [0.2, 0.25) is 0 Å². The molecule has 6 nitrogen and oxygen atoms in total. The molecule has 0 aliphatic carbocycles. The molecule has 0 radical (unpaired) electrons. The van der Waals surface area contributed by atoms with Gasteiger partial charge in [-0.3, -0.25) is 14.5 Å². The Kier molecular flexibility index (Phi) is 5.65. The topological polar surface area (TPSA) is 72.9 Å². The Bertz CT molecular complexity index is 590. The quantitative estimate of drug-likeness (QED) is 0.316. The van der Waals surface area contributed by atoms with E-state index in [4.69, 9.17) is 9.47 Å². The minimum Gasteiger partial charge on any atom is -0.462 e. The average Bonchev–Trinajstić information content (AvgIpc) is 2.80. The van der Waals surface area contributed by atoms with Crippen LogP contribution in [0.25, 0.3) is 0 Å². The van der Waals surface area contributed by atoms with Crippen LogP contribution in [0.1, 0.15) is 34.1 Å². The van der Waals surface area contributed by atoms with E-state index in [2.05, 4.69) is 6.58 Å². The van der Waals surface area contributed by atoms with E-state index in [0.29, 0.717) is 24.2 Å². The van der Waals surface area contributed by atoms with E-state index in [0.717, 1.165) is 4.90 Å². The van der Waals surface area contributed by atoms with Crippen LogP contribution in [-0.4, -0.2) is 48.5 Å². The van der Waals surface area contributed by atoms with Crippen LogP contribution in [0.15, 0.2) is 36.9 Å². The number of rotatable bonds is 8. The fourth-order valence-corrected chi connectivity index (χ4v) is 2.19. The van der Waals surface area contributed by atoms with Gasteiger partial charge in [0.15, 0.2) is 6.10 Å². The van der Waals surface area contributed by atoms with Crippen molar-refractivity contribution in [3.05, 3.63) is 48.0 Å². The summed E-state index contributed by atoms with van der Waals surface area (Å²) in [5, 5.41) is 0. The number of ether oxygens (including phenoxy) is 2. The third-order valence-corrected chi connectivity index (χ3v) is 3.46. The summed E-state index contributed by atoms with van der Waals surface area (Å²) in [6, 6.07) is 6.62. The second-order valence-electron chi connectivity index (χ2n) is 5.07. The van der Waals surface area contributed by atoms with Crippen LogP contribution in [0.3, 0.4) is 0 Å². The van der Waals surface area contributed by atoms with Gasteiger partial charge < -0.3 is 9.47 Å². The third-order valence-electron chi connectivity index (χ3n) is 3.46. The van der Waals surface area contributed by atoms with Crippen molar-refractivity contribution in [2.75, 3.05) is 19.8 Å². The first-order valence-corrected chi connectivity index (χ1v) is 7.40. The lowest BCUT2D eigenvalue weighted by atomic mass is 10.1. The van der Waals surface area contributed by atoms with E-state index >= 15 is 0 Å². The minimum atomic E-state index is -0.697. The number of carbonyl (C=O) groups is 3. The van der Waals surface area contributed by atoms with Gasteiger partial charge in [-0.05, 0) is 25.5 Å². The lowest BCUT2D eigenvalue weighted by Crippen LogP contribution is -2.34. The zero-order valence-electron chi connectivity index (χ0n) is 13.0. The Hall–Kier alpha value is -2.47. The molecule has 2 amide bonds. The fourth-order valence-electron chi connectivity index (χ4n) is 2.19. The SMILES string of the molecule is C=CCCOC(C)C(=O)OCCN1C(=O)c2ccccc2C1=O. The molecule has 0 saturated carbocycles. The van der Waals surface area contributed by atoms with Crippen molar-refractivity contribution in [2.45, 2.75) is 19.4 Å². The second-order valence-corrected chi connectivity index (χ2v) is 5.07. The van der Waals surface area contributed by atoms with E-state index in [1.165, 1.54) is 0 Å². The Morgan fingerprint density at radius 3 is 2.39 bits per heavy atom. The zero-order valence-corrected chi connectivity index (χ0v) is 13.0. The molecular formula is C17H19NO5. The molecule has 0 spiro atoms. The van der Waals surface area contributed by atoms with Crippen LogP contribution in [-0.2, 0) is 14.3 Å². The molecule has 1 aliphatic heterocycles. The first-order valence-electron chi connectivity index (χ1n) is 7.40. The van der Waals surface area contributed by atoms with E-state index in [1.807, 2.05) is 0 Å². The maximum Gasteiger partial charge on any atom is 0.335 e. The zero-order chi connectivity index (χ0) is 16.8. The van der Waals surface area contributed by atoms with Crippen molar-refractivity contribution in [2.24, 2.45) is 0 Å². The number of nitrogens with zero attached hydrogens (tertiary/aromatic N) is 1. The predicted molar refractivity (Wildman–Crippen MR) is 83.0 cm³/mol. The van der Waals surface area contributed by atoms with Gasteiger partial charge in [-0.2, -0.15) is 0 Å². The van der Waals surface area contributed by atoms with Crippen molar-refractivity contribution in [1.29, 1.82) is 0 Å². The Morgan fingerprint density at radius 2 is 1.83 bits per heavy atom. The lowest BCUT2D eigenvalue weighted by Gasteiger charge is -2.15. The molecule has 1 heterocycles. The highest BCUT2D eigenvalue weighted by Crippen LogP contribution is 2.21.